The van der Waals surface area contributed by atoms with E-state index in [0.717, 1.165) is 0 Å². The number of aromatic nitrogens is 3. The summed E-state index contributed by atoms with van der Waals surface area (Å²) in [4.78, 5) is 17.1. The van der Waals surface area contributed by atoms with Gasteiger partial charge in [0.15, 0.2) is 11.9 Å². The standard InChI is InChI=1S/C23H26FN5O6S/c1-4-36(3,32)28-23(31)14-8-29-19(12(14)2)22(25-11-26-29)27-15-6-5-13(24)7-17(15)35-18-10-34-20-16(30)9-33-21(18)20/h4-8,11,16,18,20-21,30H,9-10H2,1-3H3,(H,25,26,27)(H,28,31,32). The number of aliphatic hydroxyl groups excluding tert-OH is 1. The van der Waals surface area contributed by atoms with Crippen LogP contribution >= 0.6 is 0 Å². The lowest BCUT2D eigenvalue weighted by Gasteiger charge is -2.20. The summed E-state index contributed by atoms with van der Waals surface area (Å²) in [7, 11) is -2.63. The Morgan fingerprint density at radius 2 is 2.11 bits per heavy atom. The van der Waals surface area contributed by atoms with E-state index in [-0.39, 0.29) is 24.5 Å². The monoisotopic (exact) mass is 519 g/mol. The van der Waals surface area contributed by atoms with E-state index < -0.39 is 45.8 Å². The highest BCUT2D eigenvalue weighted by Gasteiger charge is 2.48. The van der Waals surface area contributed by atoms with Crippen LogP contribution in [0.15, 0.2) is 30.7 Å². The summed E-state index contributed by atoms with van der Waals surface area (Å²) in [5.74, 6) is -0.447. The molecule has 0 radical (unpaired) electrons. The summed E-state index contributed by atoms with van der Waals surface area (Å²) in [6, 6.07) is 4.03. The Morgan fingerprint density at radius 1 is 1.33 bits per heavy atom. The quantitative estimate of drug-likeness (QED) is 0.411. The van der Waals surface area contributed by atoms with Crippen LogP contribution in [0.1, 0.15) is 22.8 Å². The zero-order valence-electron chi connectivity index (χ0n) is 19.8. The number of rotatable bonds is 6. The van der Waals surface area contributed by atoms with Gasteiger partial charge in [-0.3, -0.25) is 9.52 Å². The third-order valence-corrected chi connectivity index (χ3v) is 7.76. The zero-order chi connectivity index (χ0) is 25.6. The Hall–Kier alpha value is -3.26. The smallest absolute Gasteiger partial charge is 0.264 e. The second-order valence-electron chi connectivity index (χ2n) is 8.73. The Labute approximate surface area is 206 Å². The van der Waals surface area contributed by atoms with Gasteiger partial charge in [-0.25, -0.2) is 18.1 Å². The highest BCUT2D eigenvalue weighted by molar-refractivity contribution is 7.99. The number of amides is 1. The molecule has 5 atom stereocenters. The average Bonchev–Trinajstić information content (AvgIpc) is 3.51. The van der Waals surface area contributed by atoms with Gasteiger partial charge in [0.1, 0.15) is 41.7 Å². The van der Waals surface area contributed by atoms with E-state index in [2.05, 4.69) is 20.1 Å². The first-order valence-electron chi connectivity index (χ1n) is 11.2. The number of carbonyl (C=O) groups is 1. The van der Waals surface area contributed by atoms with Crippen molar-refractivity contribution in [2.24, 2.45) is 0 Å². The molecule has 5 rings (SSSR count). The fraction of sp³-hybridized carbons (Fsp3) is 0.391. The molecule has 0 saturated carbocycles. The molecule has 3 N–H and O–H groups in total. The second-order valence-corrected chi connectivity index (χ2v) is 11.2. The number of aliphatic hydroxyl groups is 1. The van der Waals surface area contributed by atoms with Crippen LogP contribution in [0.25, 0.3) is 5.52 Å². The SMILES string of the molecule is CC=S(C)(=O)NC(=O)c1cn2ncnc(Nc3ccc(F)cc3OC3COC4C(O)COC34)c2c1C. The van der Waals surface area contributed by atoms with Crippen molar-refractivity contribution in [1.29, 1.82) is 0 Å². The van der Waals surface area contributed by atoms with Crippen molar-refractivity contribution in [3.63, 3.8) is 0 Å². The van der Waals surface area contributed by atoms with E-state index in [9.17, 15) is 18.5 Å². The van der Waals surface area contributed by atoms with Crippen LogP contribution < -0.4 is 14.8 Å². The summed E-state index contributed by atoms with van der Waals surface area (Å²) >= 11 is 0. The Morgan fingerprint density at radius 3 is 2.89 bits per heavy atom. The van der Waals surface area contributed by atoms with Crippen LogP contribution in [0.3, 0.4) is 0 Å². The molecule has 5 unspecified atom stereocenters. The number of aryl methyl sites for hydroxylation is 1. The predicted molar refractivity (Wildman–Crippen MR) is 131 cm³/mol. The molecule has 36 heavy (non-hydrogen) atoms. The number of hydrogen-bond acceptors (Lipinski definition) is 9. The number of nitrogens with one attached hydrogen (secondary N) is 2. The van der Waals surface area contributed by atoms with Gasteiger partial charge >= 0.3 is 0 Å². The highest BCUT2D eigenvalue weighted by Crippen LogP contribution is 2.35. The molecule has 2 fully saturated rings. The van der Waals surface area contributed by atoms with Crippen LogP contribution in [-0.2, 0) is 19.2 Å². The molecule has 2 aliphatic heterocycles. The molecule has 192 valence electrons. The summed E-state index contributed by atoms with van der Waals surface area (Å²) in [5.41, 5.74) is 1.78. The van der Waals surface area contributed by atoms with Crippen LogP contribution in [0.5, 0.6) is 5.75 Å². The van der Waals surface area contributed by atoms with E-state index in [1.54, 1.807) is 13.8 Å². The maximum Gasteiger partial charge on any atom is 0.264 e. The summed E-state index contributed by atoms with van der Waals surface area (Å²) in [6.07, 6.45) is 2.05. The molecule has 4 heterocycles. The molecule has 3 aromatic rings. The van der Waals surface area contributed by atoms with E-state index in [1.807, 2.05) is 0 Å². The highest BCUT2D eigenvalue weighted by atomic mass is 32.2. The second kappa shape index (κ2) is 9.32. The largest absolute Gasteiger partial charge is 0.483 e. The number of hydrogen-bond donors (Lipinski definition) is 3. The van der Waals surface area contributed by atoms with Crippen molar-refractivity contribution in [2.45, 2.75) is 38.3 Å². The number of ether oxygens (including phenoxy) is 3. The van der Waals surface area contributed by atoms with Gasteiger partial charge in [0.25, 0.3) is 5.91 Å². The molecule has 1 aromatic carbocycles. The molecule has 13 heteroatoms. The minimum atomic E-state index is -2.63. The lowest BCUT2D eigenvalue weighted by Crippen LogP contribution is -2.34. The first-order valence-corrected chi connectivity index (χ1v) is 13.3. The van der Waals surface area contributed by atoms with Crippen molar-refractivity contribution in [3.8, 4) is 5.75 Å². The molecule has 11 nitrogen and oxygen atoms in total. The minimum Gasteiger partial charge on any atom is -0.483 e. The molecule has 0 aliphatic carbocycles. The fourth-order valence-electron chi connectivity index (χ4n) is 4.31. The van der Waals surface area contributed by atoms with Crippen molar-refractivity contribution < 1.29 is 32.7 Å². The maximum absolute atomic E-state index is 14.2. The zero-order valence-corrected chi connectivity index (χ0v) is 20.6. The van der Waals surface area contributed by atoms with Gasteiger partial charge in [-0.2, -0.15) is 5.10 Å². The van der Waals surface area contributed by atoms with Gasteiger partial charge in [-0.1, -0.05) is 0 Å². The Bertz CT molecular complexity index is 1450. The molecule has 2 saturated heterocycles. The number of fused-ring (bicyclic) bond motifs is 2. The molecule has 0 spiro atoms. The van der Waals surface area contributed by atoms with Gasteiger partial charge in [-0.05, 0) is 36.9 Å². The first-order chi connectivity index (χ1) is 17.2. The molecule has 2 aromatic heterocycles. The summed E-state index contributed by atoms with van der Waals surface area (Å²) < 4.78 is 47.8. The van der Waals surface area contributed by atoms with Crippen molar-refractivity contribution >= 4 is 38.0 Å². The fourth-order valence-corrected chi connectivity index (χ4v) is 4.91. The van der Waals surface area contributed by atoms with E-state index in [0.29, 0.717) is 22.6 Å². The maximum atomic E-state index is 14.2. The lowest BCUT2D eigenvalue weighted by atomic mass is 10.1. The van der Waals surface area contributed by atoms with Crippen molar-refractivity contribution in [3.05, 3.63) is 47.7 Å². The topological polar surface area (TPSA) is 136 Å². The number of anilines is 2. The molecule has 0 bridgehead atoms. The molecule has 1 amide bonds. The van der Waals surface area contributed by atoms with Gasteiger partial charge in [-0.15, -0.1) is 0 Å². The average molecular weight is 520 g/mol. The number of carbonyl (C=O) groups excluding carboxylic acids is 1. The number of halogens is 1. The Balaban J connectivity index is 1.46. The van der Waals surface area contributed by atoms with E-state index in [1.165, 1.54) is 46.9 Å². The van der Waals surface area contributed by atoms with Crippen molar-refractivity contribution in [1.82, 2.24) is 19.3 Å². The molecular formula is C23H26FN5O6S. The first kappa shape index (κ1) is 24.4. The minimum absolute atomic E-state index is 0.148. The van der Waals surface area contributed by atoms with Crippen LogP contribution in [-0.4, -0.2) is 79.1 Å². The molecule has 2 aliphatic rings. The normalized spacial score (nSPS) is 24.8. The van der Waals surface area contributed by atoms with Crippen LogP contribution in [0.2, 0.25) is 0 Å². The van der Waals surface area contributed by atoms with Gasteiger partial charge < -0.3 is 24.6 Å². The number of nitrogens with zero attached hydrogens (tertiary/aromatic N) is 3. The van der Waals surface area contributed by atoms with E-state index >= 15 is 0 Å². The van der Waals surface area contributed by atoms with Gasteiger partial charge in [0, 0.05) is 28.2 Å². The lowest BCUT2D eigenvalue weighted by molar-refractivity contribution is 0.00871. The third-order valence-electron chi connectivity index (χ3n) is 6.27. The Kier molecular flexibility index (Phi) is 6.32. The van der Waals surface area contributed by atoms with Crippen molar-refractivity contribution in [2.75, 3.05) is 24.8 Å². The molecular weight excluding hydrogens is 493 g/mol. The van der Waals surface area contributed by atoms with Crippen LogP contribution in [0, 0.1) is 12.7 Å². The number of benzene rings is 1. The summed E-state index contributed by atoms with van der Waals surface area (Å²) in [5, 5.41) is 18.8. The summed E-state index contributed by atoms with van der Waals surface area (Å²) in [6.45, 7) is 3.67. The predicted octanol–water partition coefficient (Wildman–Crippen LogP) is 1.21. The van der Waals surface area contributed by atoms with Gasteiger partial charge in [0.05, 0.1) is 24.5 Å². The third kappa shape index (κ3) is 4.50. The van der Waals surface area contributed by atoms with E-state index in [4.69, 9.17) is 14.2 Å². The van der Waals surface area contributed by atoms with Gasteiger partial charge in [0.2, 0.25) is 0 Å². The van der Waals surface area contributed by atoms with Crippen LogP contribution in [0.4, 0.5) is 15.9 Å².